The smallest absolute Gasteiger partial charge is 0.263 e. The summed E-state index contributed by atoms with van der Waals surface area (Å²) in [5.74, 6) is 2.06. The first-order chi connectivity index (χ1) is 15.4. The van der Waals surface area contributed by atoms with Crippen molar-refractivity contribution >= 4 is 11.7 Å². The summed E-state index contributed by atoms with van der Waals surface area (Å²) < 4.78 is 39.8. The number of benzene rings is 1. The third kappa shape index (κ3) is 4.66. The van der Waals surface area contributed by atoms with E-state index in [1.807, 2.05) is 30.0 Å². The van der Waals surface area contributed by atoms with Gasteiger partial charge in [-0.3, -0.25) is 4.79 Å². The summed E-state index contributed by atoms with van der Waals surface area (Å²) in [6.07, 6.45) is -1.22. The molecule has 9 heteroatoms. The van der Waals surface area contributed by atoms with Crippen molar-refractivity contribution in [3.8, 4) is 11.5 Å². The molecule has 174 valence electrons. The van der Waals surface area contributed by atoms with Crippen LogP contribution >= 0.6 is 0 Å². The SMILES string of the molecule is COc1cccc(OC(C)C(=O)N2CCC([C@@H]3C[C@H](C(F)F)n4nc(C)cc4N3)CC2)c1. The number of piperidine rings is 1. The number of carbonyl (C=O) groups excluding carboxylic acids is 1. The molecule has 1 unspecified atom stereocenters. The molecule has 4 rings (SSSR count). The number of aryl methyl sites for hydroxylation is 1. The van der Waals surface area contributed by atoms with Gasteiger partial charge in [0.05, 0.1) is 12.8 Å². The largest absolute Gasteiger partial charge is 0.497 e. The Balaban J connectivity index is 1.34. The second kappa shape index (κ2) is 9.34. The van der Waals surface area contributed by atoms with Crippen LogP contribution in [-0.2, 0) is 4.79 Å². The number of rotatable bonds is 6. The zero-order valence-electron chi connectivity index (χ0n) is 18.6. The summed E-state index contributed by atoms with van der Waals surface area (Å²) in [6, 6.07) is 8.01. The van der Waals surface area contributed by atoms with Gasteiger partial charge in [-0.05, 0) is 51.2 Å². The van der Waals surface area contributed by atoms with Crippen LogP contribution in [0.15, 0.2) is 30.3 Å². The Morgan fingerprint density at radius 3 is 2.62 bits per heavy atom. The van der Waals surface area contributed by atoms with E-state index in [0.717, 1.165) is 18.5 Å². The summed E-state index contributed by atoms with van der Waals surface area (Å²) in [5.41, 5.74) is 0.726. The van der Waals surface area contributed by atoms with Crippen LogP contribution in [0.2, 0.25) is 0 Å². The molecule has 1 N–H and O–H groups in total. The highest BCUT2D eigenvalue weighted by Gasteiger charge is 2.38. The van der Waals surface area contributed by atoms with Crippen LogP contribution in [0.4, 0.5) is 14.6 Å². The first-order valence-corrected chi connectivity index (χ1v) is 11.1. The fraction of sp³-hybridized carbons (Fsp3) is 0.565. The second-order valence-electron chi connectivity index (χ2n) is 8.61. The molecular formula is C23H30F2N4O3. The third-order valence-electron chi connectivity index (χ3n) is 6.41. The van der Waals surface area contributed by atoms with Gasteiger partial charge in [0.1, 0.15) is 23.4 Å². The van der Waals surface area contributed by atoms with Crippen LogP contribution in [-0.4, -0.2) is 59.4 Å². The number of anilines is 1. The molecule has 0 radical (unpaired) electrons. The maximum atomic E-state index is 13.7. The predicted octanol–water partition coefficient (Wildman–Crippen LogP) is 3.90. The van der Waals surface area contributed by atoms with Gasteiger partial charge in [-0.1, -0.05) is 6.07 Å². The lowest BCUT2D eigenvalue weighted by atomic mass is 9.85. The van der Waals surface area contributed by atoms with E-state index in [4.69, 9.17) is 9.47 Å². The number of hydrogen-bond acceptors (Lipinski definition) is 5. The van der Waals surface area contributed by atoms with Crippen molar-refractivity contribution in [3.63, 3.8) is 0 Å². The zero-order valence-corrected chi connectivity index (χ0v) is 18.6. The Bertz CT molecular complexity index is 943. The minimum absolute atomic E-state index is 0.0553. The molecule has 2 aliphatic heterocycles. The molecule has 1 aromatic heterocycles. The van der Waals surface area contributed by atoms with E-state index >= 15 is 0 Å². The molecule has 0 spiro atoms. The molecule has 2 aromatic rings. The Kier molecular flexibility index (Phi) is 6.53. The number of methoxy groups -OCH3 is 1. The Morgan fingerprint density at radius 2 is 1.94 bits per heavy atom. The lowest BCUT2D eigenvalue weighted by Crippen LogP contribution is -2.48. The van der Waals surface area contributed by atoms with Crippen LogP contribution in [0, 0.1) is 12.8 Å². The van der Waals surface area contributed by atoms with Crippen LogP contribution in [0.5, 0.6) is 11.5 Å². The molecule has 1 aromatic carbocycles. The number of halogens is 2. The number of alkyl halides is 2. The average molecular weight is 449 g/mol. The molecule has 32 heavy (non-hydrogen) atoms. The maximum absolute atomic E-state index is 13.7. The number of amides is 1. The quantitative estimate of drug-likeness (QED) is 0.726. The highest BCUT2D eigenvalue weighted by atomic mass is 19.3. The number of hydrogen-bond donors (Lipinski definition) is 1. The summed E-state index contributed by atoms with van der Waals surface area (Å²) in [6.45, 7) is 4.73. The fourth-order valence-electron chi connectivity index (χ4n) is 4.71. The van der Waals surface area contributed by atoms with Gasteiger partial charge in [0.15, 0.2) is 6.10 Å². The molecule has 2 aliphatic rings. The highest BCUT2D eigenvalue weighted by Crippen LogP contribution is 2.37. The van der Waals surface area contributed by atoms with Gasteiger partial charge < -0.3 is 19.7 Å². The molecule has 1 fully saturated rings. The van der Waals surface area contributed by atoms with Gasteiger partial charge in [0, 0.05) is 31.3 Å². The molecule has 0 saturated carbocycles. The Labute approximate surface area is 186 Å². The first kappa shape index (κ1) is 22.4. The highest BCUT2D eigenvalue weighted by molar-refractivity contribution is 5.81. The van der Waals surface area contributed by atoms with Crippen LogP contribution in [0.1, 0.15) is 37.9 Å². The van der Waals surface area contributed by atoms with E-state index in [-0.39, 0.29) is 17.9 Å². The predicted molar refractivity (Wildman–Crippen MR) is 116 cm³/mol. The van der Waals surface area contributed by atoms with E-state index in [1.165, 1.54) is 4.68 Å². The van der Waals surface area contributed by atoms with Gasteiger partial charge in [-0.25, -0.2) is 13.5 Å². The minimum atomic E-state index is -2.46. The first-order valence-electron chi connectivity index (χ1n) is 11.1. The van der Waals surface area contributed by atoms with Gasteiger partial charge in [0.2, 0.25) is 0 Å². The molecule has 1 amide bonds. The zero-order chi connectivity index (χ0) is 22.8. The number of nitrogens with one attached hydrogen (secondary N) is 1. The van der Waals surface area contributed by atoms with Crippen LogP contribution < -0.4 is 14.8 Å². The Hall–Kier alpha value is -2.84. The van der Waals surface area contributed by atoms with Crippen molar-refractivity contribution in [2.45, 2.75) is 57.7 Å². The standard InChI is InChI=1S/C23H30F2N4O3/c1-14-11-21-26-19(13-20(22(24)25)29(21)27-14)16-7-9-28(10-8-16)23(30)15(2)32-18-6-4-5-17(12-18)31-3/h4-6,11-12,15-16,19-20,22,26H,7-10,13H2,1-3H3/t15?,19-,20+/m0/s1. The second-order valence-corrected chi connectivity index (χ2v) is 8.61. The van der Waals surface area contributed by atoms with E-state index in [2.05, 4.69) is 10.4 Å². The number of ether oxygens (including phenoxy) is 2. The minimum Gasteiger partial charge on any atom is -0.497 e. The fourth-order valence-corrected chi connectivity index (χ4v) is 4.71. The van der Waals surface area contributed by atoms with Crippen LogP contribution in [0.25, 0.3) is 0 Å². The van der Waals surface area contributed by atoms with Gasteiger partial charge >= 0.3 is 0 Å². The maximum Gasteiger partial charge on any atom is 0.263 e. The molecule has 3 heterocycles. The molecule has 3 atom stereocenters. The normalized spacial score (nSPS) is 22.2. The molecule has 0 bridgehead atoms. The van der Waals surface area contributed by atoms with E-state index < -0.39 is 18.6 Å². The third-order valence-corrected chi connectivity index (χ3v) is 6.41. The summed E-state index contributed by atoms with van der Waals surface area (Å²) >= 11 is 0. The van der Waals surface area contributed by atoms with Crippen molar-refractivity contribution in [1.82, 2.24) is 14.7 Å². The Morgan fingerprint density at radius 1 is 1.22 bits per heavy atom. The average Bonchev–Trinajstić information content (AvgIpc) is 3.18. The summed E-state index contributed by atoms with van der Waals surface area (Å²) in [5, 5.41) is 7.64. The number of fused-ring (bicyclic) bond motifs is 1. The van der Waals surface area contributed by atoms with E-state index in [0.29, 0.717) is 36.8 Å². The van der Waals surface area contributed by atoms with Gasteiger partial charge in [0.25, 0.3) is 12.3 Å². The monoisotopic (exact) mass is 448 g/mol. The van der Waals surface area contributed by atoms with Crippen molar-refractivity contribution < 1.29 is 23.0 Å². The molecular weight excluding hydrogens is 418 g/mol. The number of nitrogens with zero attached hydrogens (tertiary/aromatic N) is 3. The lowest BCUT2D eigenvalue weighted by Gasteiger charge is -2.40. The number of likely N-dealkylation sites (tertiary alicyclic amines) is 1. The van der Waals surface area contributed by atoms with Crippen molar-refractivity contribution in [1.29, 1.82) is 0 Å². The summed E-state index contributed by atoms with van der Waals surface area (Å²) in [4.78, 5) is 14.7. The van der Waals surface area contributed by atoms with Gasteiger partial charge in [-0.2, -0.15) is 5.10 Å². The van der Waals surface area contributed by atoms with E-state index in [1.54, 1.807) is 26.2 Å². The van der Waals surface area contributed by atoms with Crippen molar-refractivity contribution in [2.75, 3.05) is 25.5 Å². The van der Waals surface area contributed by atoms with Crippen molar-refractivity contribution in [2.24, 2.45) is 5.92 Å². The molecule has 7 nitrogen and oxygen atoms in total. The van der Waals surface area contributed by atoms with Crippen molar-refractivity contribution in [3.05, 3.63) is 36.0 Å². The van der Waals surface area contributed by atoms with Crippen LogP contribution in [0.3, 0.4) is 0 Å². The number of aromatic nitrogens is 2. The molecule has 1 saturated heterocycles. The summed E-state index contributed by atoms with van der Waals surface area (Å²) in [7, 11) is 1.58. The van der Waals surface area contributed by atoms with Gasteiger partial charge in [-0.15, -0.1) is 0 Å². The molecule has 0 aliphatic carbocycles. The lowest BCUT2D eigenvalue weighted by molar-refractivity contribution is -0.139. The number of carbonyl (C=O) groups is 1. The van der Waals surface area contributed by atoms with E-state index in [9.17, 15) is 13.6 Å². The topological polar surface area (TPSA) is 68.6 Å².